The van der Waals surface area contributed by atoms with Gasteiger partial charge in [-0.1, -0.05) is 13.3 Å². The van der Waals surface area contributed by atoms with Crippen LogP contribution in [0.15, 0.2) is 0 Å². The molecular formula is C13H30O5Si. The van der Waals surface area contributed by atoms with Gasteiger partial charge >= 0.3 is 8.80 Å². The Morgan fingerprint density at radius 1 is 0.684 bits per heavy atom. The number of unbranched alkanes of at least 4 members (excludes halogenated alkanes) is 1. The van der Waals surface area contributed by atoms with Gasteiger partial charge in [0.2, 0.25) is 0 Å². The van der Waals surface area contributed by atoms with E-state index in [0.29, 0.717) is 6.61 Å². The average molecular weight is 294 g/mol. The molecule has 0 unspecified atom stereocenters. The zero-order valence-corrected chi connectivity index (χ0v) is 13.9. The lowest BCUT2D eigenvalue weighted by Gasteiger charge is -2.24. The van der Waals surface area contributed by atoms with E-state index in [4.69, 9.17) is 22.8 Å². The number of hydrogen-bond acceptors (Lipinski definition) is 5. The van der Waals surface area contributed by atoms with Crippen molar-refractivity contribution in [2.75, 3.05) is 47.8 Å². The lowest BCUT2D eigenvalue weighted by molar-refractivity contribution is 0.0776. The Morgan fingerprint density at radius 3 is 1.63 bits per heavy atom. The van der Waals surface area contributed by atoms with E-state index in [1.807, 2.05) is 0 Å². The molecule has 0 fully saturated rings. The van der Waals surface area contributed by atoms with Gasteiger partial charge in [0.15, 0.2) is 0 Å². The highest BCUT2D eigenvalue weighted by molar-refractivity contribution is 6.60. The SMILES string of the molecule is CCCCOCCCOCCC[Si](OC)(OC)OC. The van der Waals surface area contributed by atoms with Crippen LogP contribution < -0.4 is 0 Å². The van der Waals surface area contributed by atoms with E-state index < -0.39 is 8.80 Å². The van der Waals surface area contributed by atoms with Gasteiger partial charge in [0.25, 0.3) is 0 Å². The topological polar surface area (TPSA) is 46.2 Å². The summed E-state index contributed by atoms with van der Waals surface area (Å²) < 4.78 is 27.0. The highest BCUT2D eigenvalue weighted by atomic mass is 28.4. The first-order chi connectivity index (χ1) is 9.24. The molecule has 0 aliphatic rings. The Bertz CT molecular complexity index is 180. The summed E-state index contributed by atoms with van der Waals surface area (Å²) in [5.41, 5.74) is 0. The van der Waals surface area contributed by atoms with Crippen LogP contribution in [0.3, 0.4) is 0 Å². The van der Waals surface area contributed by atoms with Crippen molar-refractivity contribution in [3.05, 3.63) is 0 Å². The Balaban J connectivity index is 3.35. The van der Waals surface area contributed by atoms with Gasteiger partial charge in [0.1, 0.15) is 0 Å². The summed E-state index contributed by atoms with van der Waals surface area (Å²) in [5, 5.41) is 0. The molecule has 0 saturated heterocycles. The van der Waals surface area contributed by atoms with Crippen molar-refractivity contribution in [1.29, 1.82) is 0 Å². The van der Waals surface area contributed by atoms with Gasteiger partial charge in [-0.05, 0) is 19.3 Å². The molecule has 0 atom stereocenters. The van der Waals surface area contributed by atoms with Crippen LogP contribution in [0.25, 0.3) is 0 Å². The zero-order valence-electron chi connectivity index (χ0n) is 12.9. The molecule has 116 valence electrons. The first-order valence-electron chi connectivity index (χ1n) is 7.05. The van der Waals surface area contributed by atoms with Crippen LogP contribution in [-0.4, -0.2) is 56.6 Å². The van der Waals surface area contributed by atoms with Crippen LogP contribution in [0.4, 0.5) is 0 Å². The van der Waals surface area contributed by atoms with Crippen LogP contribution in [-0.2, 0) is 22.8 Å². The van der Waals surface area contributed by atoms with Crippen molar-refractivity contribution in [2.24, 2.45) is 0 Å². The fourth-order valence-electron chi connectivity index (χ4n) is 1.66. The highest BCUT2D eigenvalue weighted by Crippen LogP contribution is 2.14. The maximum absolute atomic E-state index is 5.54. The fraction of sp³-hybridized carbons (Fsp3) is 1.00. The molecule has 0 aliphatic carbocycles. The third-order valence-corrected chi connectivity index (χ3v) is 5.76. The average Bonchev–Trinajstić information content (AvgIpc) is 2.46. The quantitative estimate of drug-likeness (QED) is 0.364. The second-order valence-electron chi connectivity index (χ2n) is 4.33. The fourth-order valence-corrected chi connectivity index (χ4v) is 3.35. The minimum atomic E-state index is -2.41. The third-order valence-electron chi connectivity index (χ3n) is 2.92. The Morgan fingerprint density at radius 2 is 1.16 bits per heavy atom. The summed E-state index contributed by atoms with van der Waals surface area (Å²) in [6.07, 6.45) is 4.16. The molecule has 0 aromatic heterocycles. The molecule has 0 bridgehead atoms. The minimum Gasteiger partial charge on any atom is -0.381 e. The van der Waals surface area contributed by atoms with Crippen LogP contribution in [0, 0.1) is 0 Å². The van der Waals surface area contributed by atoms with Crippen molar-refractivity contribution >= 4 is 8.80 Å². The molecular weight excluding hydrogens is 264 g/mol. The van der Waals surface area contributed by atoms with Gasteiger partial charge in [0, 0.05) is 53.8 Å². The molecule has 0 aliphatic heterocycles. The Kier molecular flexibility index (Phi) is 13.0. The maximum atomic E-state index is 5.54. The van der Waals surface area contributed by atoms with Gasteiger partial charge < -0.3 is 22.8 Å². The van der Waals surface area contributed by atoms with Crippen molar-refractivity contribution in [3.8, 4) is 0 Å². The zero-order chi connectivity index (χ0) is 14.4. The predicted molar refractivity (Wildman–Crippen MR) is 77.4 cm³/mol. The van der Waals surface area contributed by atoms with Crippen molar-refractivity contribution < 1.29 is 22.8 Å². The molecule has 0 aromatic rings. The molecule has 0 saturated carbocycles. The van der Waals surface area contributed by atoms with E-state index in [0.717, 1.165) is 45.1 Å². The van der Waals surface area contributed by atoms with Crippen molar-refractivity contribution in [3.63, 3.8) is 0 Å². The monoisotopic (exact) mass is 294 g/mol. The van der Waals surface area contributed by atoms with Gasteiger partial charge in [-0.25, -0.2) is 0 Å². The van der Waals surface area contributed by atoms with E-state index in [-0.39, 0.29) is 0 Å². The van der Waals surface area contributed by atoms with E-state index in [2.05, 4.69) is 6.92 Å². The maximum Gasteiger partial charge on any atom is 0.500 e. The third kappa shape index (κ3) is 9.54. The first-order valence-corrected chi connectivity index (χ1v) is 8.98. The Hall–Kier alpha value is 0.0169. The number of rotatable bonds is 14. The molecule has 0 rings (SSSR count). The van der Waals surface area contributed by atoms with Crippen LogP contribution in [0.1, 0.15) is 32.6 Å². The van der Waals surface area contributed by atoms with E-state index in [9.17, 15) is 0 Å². The van der Waals surface area contributed by atoms with Crippen molar-refractivity contribution in [1.82, 2.24) is 0 Å². The molecule has 0 radical (unpaired) electrons. The smallest absolute Gasteiger partial charge is 0.381 e. The summed E-state index contributed by atoms with van der Waals surface area (Å²) in [4.78, 5) is 0. The molecule has 0 N–H and O–H groups in total. The molecule has 0 spiro atoms. The van der Waals surface area contributed by atoms with Gasteiger partial charge in [-0.3, -0.25) is 0 Å². The molecule has 5 nitrogen and oxygen atoms in total. The molecule has 6 heteroatoms. The van der Waals surface area contributed by atoms with E-state index >= 15 is 0 Å². The standard InChI is InChI=1S/C13H30O5Si/c1-5-6-9-17-10-7-11-18-12-8-13-19(14-2,15-3)16-4/h5-13H2,1-4H3. The largest absolute Gasteiger partial charge is 0.500 e. The summed E-state index contributed by atoms with van der Waals surface area (Å²) in [7, 11) is 2.49. The normalized spacial score (nSPS) is 12.0. The second kappa shape index (κ2) is 13.0. The summed E-state index contributed by atoms with van der Waals surface area (Å²) in [6.45, 7) is 5.26. The highest BCUT2D eigenvalue weighted by Gasteiger charge is 2.36. The van der Waals surface area contributed by atoms with Crippen molar-refractivity contribution in [2.45, 2.75) is 38.7 Å². The number of ether oxygens (including phenoxy) is 2. The van der Waals surface area contributed by atoms with Crippen LogP contribution >= 0.6 is 0 Å². The Labute approximate surface area is 118 Å². The second-order valence-corrected chi connectivity index (χ2v) is 7.42. The lowest BCUT2D eigenvalue weighted by atomic mass is 10.4. The summed E-state index contributed by atoms with van der Waals surface area (Å²) in [5.74, 6) is 0. The van der Waals surface area contributed by atoms with Gasteiger partial charge in [0.05, 0.1) is 0 Å². The van der Waals surface area contributed by atoms with Crippen LogP contribution in [0.2, 0.25) is 6.04 Å². The molecule has 0 heterocycles. The summed E-state index contributed by atoms with van der Waals surface area (Å²) in [6, 6.07) is 0.781. The minimum absolute atomic E-state index is 0.708. The lowest BCUT2D eigenvalue weighted by Crippen LogP contribution is -2.42. The number of hydrogen-bond donors (Lipinski definition) is 0. The van der Waals surface area contributed by atoms with Gasteiger partial charge in [-0.15, -0.1) is 0 Å². The first kappa shape index (κ1) is 19.0. The van der Waals surface area contributed by atoms with Gasteiger partial charge in [-0.2, -0.15) is 0 Å². The molecule has 0 amide bonds. The van der Waals surface area contributed by atoms with Crippen LogP contribution in [0.5, 0.6) is 0 Å². The molecule has 0 aromatic carbocycles. The van der Waals surface area contributed by atoms with E-state index in [1.165, 1.54) is 6.42 Å². The van der Waals surface area contributed by atoms with E-state index in [1.54, 1.807) is 21.3 Å². The molecule has 19 heavy (non-hydrogen) atoms. The summed E-state index contributed by atoms with van der Waals surface area (Å²) >= 11 is 0. The predicted octanol–water partition coefficient (Wildman–Crippen LogP) is 2.48.